The van der Waals surface area contributed by atoms with Crippen molar-refractivity contribution >= 4 is 11.7 Å². The zero-order valence-corrected chi connectivity index (χ0v) is 16.3. The van der Waals surface area contributed by atoms with Gasteiger partial charge in [-0.3, -0.25) is 9.59 Å². The molecule has 0 bridgehead atoms. The zero-order valence-electron chi connectivity index (χ0n) is 16.3. The van der Waals surface area contributed by atoms with Crippen LogP contribution in [-0.4, -0.2) is 41.9 Å². The zero-order chi connectivity index (χ0) is 19.9. The number of carbonyl (C=O) groups excluding carboxylic acids is 2. The molecule has 1 heterocycles. The van der Waals surface area contributed by atoms with Crippen molar-refractivity contribution in [3.8, 4) is 5.75 Å². The molecule has 5 nitrogen and oxygen atoms in total. The minimum absolute atomic E-state index is 0.0208. The molecule has 1 atom stereocenters. The van der Waals surface area contributed by atoms with Crippen LogP contribution < -0.4 is 4.74 Å². The Hall–Kier alpha value is -2.66. The summed E-state index contributed by atoms with van der Waals surface area (Å²) in [4.78, 5) is 26.7. The van der Waals surface area contributed by atoms with Crippen molar-refractivity contribution in [3.63, 3.8) is 0 Å². The third-order valence-electron chi connectivity index (χ3n) is 5.31. The monoisotopic (exact) mass is 381 g/mol. The van der Waals surface area contributed by atoms with E-state index in [0.29, 0.717) is 17.2 Å². The Morgan fingerprint density at radius 2 is 1.86 bits per heavy atom. The third kappa shape index (κ3) is 5.20. The Kier molecular flexibility index (Phi) is 6.82. The van der Waals surface area contributed by atoms with Gasteiger partial charge in [-0.2, -0.15) is 0 Å². The number of Topliss-reactive ketones (excluding diaryl/α,β-unsaturated/α-hetero) is 1. The first-order valence-corrected chi connectivity index (χ1v) is 9.72. The van der Waals surface area contributed by atoms with Crippen LogP contribution in [0.2, 0.25) is 0 Å². The van der Waals surface area contributed by atoms with E-state index in [4.69, 9.17) is 4.74 Å². The number of aliphatic hydroxyl groups is 1. The van der Waals surface area contributed by atoms with E-state index in [-0.39, 0.29) is 31.1 Å². The molecule has 0 radical (unpaired) electrons. The molecule has 148 valence electrons. The largest absolute Gasteiger partial charge is 0.497 e. The lowest BCUT2D eigenvalue weighted by molar-refractivity contribution is -0.130. The van der Waals surface area contributed by atoms with Gasteiger partial charge in [0, 0.05) is 31.5 Å². The average Bonchev–Trinajstić information content (AvgIpc) is 3.20. The maximum Gasteiger partial charge on any atom is 0.223 e. The second kappa shape index (κ2) is 9.51. The quantitative estimate of drug-likeness (QED) is 0.713. The molecule has 1 aliphatic heterocycles. The van der Waals surface area contributed by atoms with Crippen LogP contribution >= 0.6 is 0 Å². The Morgan fingerprint density at radius 1 is 1.11 bits per heavy atom. The molecule has 1 fully saturated rings. The van der Waals surface area contributed by atoms with Crippen molar-refractivity contribution in [2.75, 3.05) is 20.2 Å². The van der Waals surface area contributed by atoms with Crippen LogP contribution in [0.5, 0.6) is 5.75 Å². The molecule has 28 heavy (non-hydrogen) atoms. The summed E-state index contributed by atoms with van der Waals surface area (Å²) in [5.41, 5.74) is 2.72. The smallest absolute Gasteiger partial charge is 0.223 e. The van der Waals surface area contributed by atoms with Crippen molar-refractivity contribution in [2.24, 2.45) is 5.92 Å². The standard InChI is InChI=1S/C23H27NO4/c1-28-21-7-5-20(6-8-21)22(26)9-10-23(27)24-12-11-18(15-24)13-17-3-2-4-19(14-17)16-25/h2-8,14,18,25H,9-13,15-16H2,1H3. The maximum atomic E-state index is 12.5. The van der Waals surface area contributed by atoms with Gasteiger partial charge < -0.3 is 14.7 Å². The van der Waals surface area contributed by atoms with Crippen molar-refractivity contribution in [2.45, 2.75) is 32.3 Å². The van der Waals surface area contributed by atoms with Crippen LogP contribution in [0.1, 0.15) is 40.7 Å². The highest BCUT2D eigenvalue weighted by Crippen LogP contribution is 2.22. The van der Waals surface area contributed by atoms with E-state index in [1.165, 1.54) is 5.56 Å². The van der Waals surface area contributed by atoms with Gasteiger partial charge in [-0.05, 0) is 54.2 Å². The van der Waals surface area contributed by atoms with Crippen LogP contribution in [0.25, 0.3) is 0 Å². The number of hydrogen-bond donors (Lipinski definition) is 1. The fraction of sp³-hybridized carbons (Fsp3) is 0.391. The lowest BCUT2D eigenvalue weighted by atomic mass is 9.97. The van der Waals surface area contributed by atoms with Crippen molar-refractivity contribution in [1.82, 2.24) is 4.90 Å². The van der Waals surface area contributed by atoms with Gasteiger partial charge >= 0.3 is 0 Å². The number of aliphatic hydroxyl groups excluding tert-OH is 1. The van der Waals surface area contributed by atoms with Gasteiger partial charge in [0.15, 0.2) is 5.78 Å². The number of nitrogens with zero attached hydrogens (tertiary/aromatic N) is 1. The number of amides is 1. The van der Waals surface area contributed by atoms with Crippen molar-refractivity contribution in [3.05, 3.63) is 65.2 Å². The highest BCUT2D eigenvalue weighted by atomic mass is 16.5. The molecule has 2 aromatic rings. The van der Waals surface area contributed by atoms with E-state index in [0.717, 1.165) is 31.5 Å². The summed E-state index contributed by atoms with van der Waals surface area (Å²) in [5, 5.41) is 9.26. The number of ether oxygens (including phenoxy) is 1. The van der Waals surface area contributed by atoms with E-state index in [1.54, 1.807) is 31.4 Å². The summed E-state index contributed by atoms with van der Waals surface area (Å²) >= 11 is 0. The number of hydrogen-bond acceptors (Lipinski definition) is 4. The normalized spacial score (nSPS) is 16.2. The van der Waals surface area contributed by atoms with Crippen molar-refractivity contribution < 1.29 is 19.4 Å². The number of rotatable bonds is 8. The van der Waals surface area contributed by atoms with Gasteiger partial charge in [0.2, 0.25) is 5.91 Å². The molecule has 0 spiro atoms. The van der Waals surface area contributed by atoms with Crippen LogP contribution in [0, 0.1) is 5.92 Å². The Morgan fingerprint density at radius 3 is 2.57 bits per heavy atom. The van der Waals surface area contributed by atoms with E-state index in [9.17, 15) is 14.7 Å². The van der Waals surface area contributed by atoms with Crippen LogP contribution in [0.15, 0.2) is 48.5 Å². The van der Waals surface area contributed by atoms with Gasteiger partial charge in [0.1, 0.15) is 5.75 Å². The van der Waals surface area contributed by atoms with E-state index >= 15 is 0 Å². The fourth-order valence-corrected chi connectivity index (χ4v) is 3.71. The fourth-order valence-electron chi connectivity index (χ4n) is 3.71. The number of likely N-dealkylation sites (tertiary alicyclic amines) is 1. The summed E-state index contributed by atoms with van der Waals surface area (Å²) in [7, 11) is 1.59. The van der Waals surface area contributed by atoms with Gasteiger partial charge in [-0.1, -0.05) is 24.3 Å². The first-order valence-electron chi connectivity index (χ1n) is 9.72. The van der Waals surface area contributed by atoms with Gasteiger partial charge in [-0.25, -0.2) is 0 Å². The molecule has 0 aliphatic carbocycles. The summed E-state index contributed by atoms with van der Waals surface area (Å²) in [6.07, 6.45) is 2.35. The molecule has 2 aromatic carbocycles. The number of ketones is 1. The molecule has 1 unspecified atom stereocenters. The SMILES string of the molecule is COc1ccc(C(=O)CCC(=O)N2CCC(Cc3cccc(CO)c3)C2)cc1. The summed E-state index contributed by atoms with van der Waals surface area (Å²) < 4.78 is 5.10. The van der Waals surface area contributed by atoms with Gasteiger partial charge in [0.25, 0.3) is 0 Å². The predicted molar refractivity (Wildman–Crippen MR) is 107 cm³/mol. The average molecular weight is 381 g/mol. The van der Waals surface area contributed by atoms with Gasteiger partial charge in [0.05, 0.1) is 13.7 Å². The van der Waals surface area contributed by atoms with E-state index in [1.807, 2.05) is 23.1 Å². The topological polar surface area (TPSA) is 66.8 Å². The molecule has 5 heteroatoms. The number of methoxy groups -OCH3 is 1. The minimum atomic E-state index is -0.0208. The Balaban J connectivity index is 1.46. The second-order valence-electron chi connectivity index (χ2n) is 7.33. The molecule has 1 amide bonds. The van der Waals surface area contributed by atoms with Gasteiger partial charge in [-0.15, -0.1) is 0 Å². The molecule has 1 N–H and O–H groups in total. The minimum Gasteiger partial charge on any atom is -0.497 e. The highest BCUT2D eigenvalue weighted by molar-refractivity contribution is 5.98. The molecule has 1 saturated heterocycles. The number of carbonyl (C=O) groups is 2. The molecular formula is C23H27NO4. The predicted octanol–water partition coefficient (Wildman–Crippen LogP) is 3.24. The maximum absolute atomic E-state index is 12.5. The lowest BCUT2D eigenvalue weighted by Crippen LogP contribution is -2.29. The number of benzene rings is 2. The highest BCUT2D eigenvalue weighted by Gasteiger charge is 2.26. The summed E-state index contributed by atoms with van der Waals surface area (Å²) in [6.45, 7) is 1.53. The third-order valence-corrected chi connectivity index (χ3v) is 5.31. The van der Waals surface area contributed by atoms with Crippen molar-refractivity contribution in [1.29, 1.82) is 0 Å². The first-order chi connectivity index (χ1) is 13.6. The van der Waals surface area contributed by atoms with Crippen LogP contribution in [0.3, 0.4) is 0 Å². The van der Waals surface area contributed by atoms with Crippen LogP contribution in [0.4, 0.5) is 0 Å². The molecular weight excluding hydrogens is 354 g/mol. The summed E-state index contributed by atoms with van der Waals surface area (Å²) in [5.74, 6) is 1.16. The Labute approximate surface area is 165 Å². The molecule has 0 saturated carbocycles. The van der Waals surface area contributed by atoms with E-state index < -0.39 is 0 Å². The summed E-state index contributed by atoms with van der Waals surface area (Å²) in [6, 6.07) is 14.9. The van der Waals surface area contributed by atoms with Crippen LogP contribution in [-0.2, 0) is 17.8 Å². The molecule has 1 aliphatic rings. The Bertz CT molecular complexity index is 816. The first kappa shape index (κ1) is 20.1. The van der Waals surface area contributed by atoms with E-state index in [2.05, 4.69) is 6.07 Å². The molecule has 3 rings (SSSR count). The second-order valence-corrected chi connectivity index (χ2v) is 7.33. The lowest BCUT2D eigenvalue weighted by Gasteiger charge is -2.16. The molecule has 0 aromatic heterocycles.